The van der Waals surface area contributed by atoms with Crippen molar-refractivity contribution in [1.29, 1.82) is 0 Å². The Morgan fingerprint density at radius 1 is 1.00 bits per heavy atom. The van der Waals surface area contributed by atoms with Gasteiger partial charge in [0, 0.05) is 23.4 Å². The van der Waals surface area contributed by atoms with E-state index in [2.05, 4.69) is 19.9 Å². The predicted molar refractivity (Wildman–Crippen MR) is 110 cm³/mol. The smallest absolute Gasteiger partial charge is 0.210 e. The van der Waals surface area contributed by atoms with Crippen molar-refractivity contribution in [3.8, 4) is 5.75 Å². The van der Waals surface area contributed by atoms with Gasteiger partial charge in [-0.3, -0.25) is 4.79 Å². The molecule has 2 heterocycles. The van der Waals surface area contributed by atoms with Crippen molar-refractivity contribution in [2.45, 2.75) is 53.6 Å². The van der Waals surface area contributed by atoms with Gasteiger partial charge in [-0.15, -0.1) is 0 Å². The molecule has 0 saturated carbocycles. The van der Waals surface area contributed by atoms with Gasteiger partial charge < -0.3 is 14.6 Å². The number of aliphatic hydroxyl groups is 1. The van der Waals surface area contributed by atoms with Crippen LogP contribution in [-0.4, -0.2) is 26.5 Å². The Morgan fingerprint density at radius 3 is 2.07 bits per heavy atom. The largest absolute Gasteiger partial charge is 0.507 e. The zero-order valence-corrected chi connectivity index (χ0v) is 16.9. The number of hydrogen-bond donors (Lipinski definition) is 2. The van der Waals surface area contributed by atoms with E-state index in [0.29, 0.717) is 11.3 Å². The van der Waals surface area contributed by atoms with Gasteiger partial charge in [-0.2, -0.15) is 0 Å². The fraction of sp³-hybridized carbons (Fsp3) is 0.348. The summed E-state index contributed by atoms with van der Waals surface area (Å²) in [7, 11) is 0. The van der Waals surface area contributed by atoms with Crippen molar-refractivity contribution < 1.29 is 15.0 Å². The molecule has 1 aromatic carbocycles. The topological polar surface area (TPSA) is 61.9 Å². The first kappa shape index (κ1) is 20.7. The number of benzene rings is 1. The van der Waals surface area contributed by atoms with Crippen molar-refractivity contribution in [1.82, 2.24) is 4.40 Å². The number of ketones is 1. The maximum absolute atomic E-state index is 13.2. The van der Waals surface area contributed by atoms with Crippen LogP contribution >= 0.6 is 0 Å². The molecule has 0 aliphatic rings. The summed E-state index contributed by atoms with van der Waals surface area (Å²) in [4.78, 5) is 13.2. The molecule has 0 aliphatic heterocycles. The van der Waals surface area contributed by atoms with Gasteiger partial charge in [-0.05, 0) is 80.6 Å². The lowest BCUT2D eigenvalue weighted by Crippen LogP contribution is -2.09. The van der Waals surface area contributed by atoms with Crippen LogP contribution in [0.1, 0.15) is 66.4 Å². The number of fused-ring (bicyclic) bond motifs is 1. The Morgan fingerprint density at radius 2 is 1.56 bits per heavy atom. The van der Waals surface area contributed by atoms with Crippen LogP contribution in [-0.2, 0) is 0 Å². The number of rotatable bonds is 3. The molecule has 0 radical (unpaired) electrons. The summed E-state index contributed by atoms with van der Waals surface area (Å²) in [5.74, 6) is 0.505. The Labute approximate surface area is 161 Å². The van der Waals surface area contributed by atoms with Gasteiger partial charge in [0.1, 0.15) is 5.75 Å². The number of aliphatic hydroxyl groups excluding tert-OH is 1. The zero-order chi connectivity index (χ0) is 20.3. The summed E-state index contributed by atoms with van der Waals surface area (Å²) in [5, 5.41) is 18.0. The third-order valence-electron chi connectivity index (χ3n) is 4.30. The van der Waals surface area contributed by atoms with Gasteiger partial charge in [0.15, 0.2) is 0 Å². The van der Waals surface area contributed by atoms with E-state index in [-0.39, 0.29) is 23.6 Å². The molecule has 3 rings (SSSR count). The van der Waals surface area contributed by atoms with Crippen molar-refractivity contribution >= 4 is 11.3 Å². The highest BCUT2D eigenvalue weighted by molar-refractivity contribution is 6.10. The Kier molecular flexibility index (Phi) is 6.45. The first-order chi connectivity index (χ1) is 12.6. The molecule has 0 atom stereocenters. The highest BCUT2D eigenvalue weighted by atomic mass is 16.3. The molecular weight excluding hydrogens is 338 g/mol. The lowest BCUT2D eigenvalue weighted by atomic mass is 9.96. The molecule has 2 N–H and O–H groups in total. The molecule has 0 unspecified atom stereocenters. The van der Waals surface area contributed by atoms with E-state index in [9.17, 15) is 9.90 Å². The van der Waals surface area contributed by atoms with E-state index < -0.39 is 0 Å². The SMILES string of the molecule is CC(C)O.Cc1cc(C(=O)c2c(C(C)C)cc3ccccn23)cc(C)c1O. The van der Waals surface area contributed by atoms with Crippen molar-refractivity contribution in [2.75, 3.05) is 0 Å². The van der Waals surface area contributed by atoms with Crippen LogP contribution in [0.5, 0.6) is 5.75 Å². The van der Waals surface area contributed by atoms with Gasteiger partial charge in [-0.1, -0.05) is 19.9 Å². The summed E-state index contributed by atoms with van der Waals surface area (Å²) in [6.07, 6.45) is 1.76. The number of phenols is 1. The molecule has 0 fully saturated rings. The van der Waals surface area contributed by atoms with Crippen LogP contribution in [0.15, 0.2) is 42.6 Å². The Balaban J connectivity index is 0.000000596. The molecule has 0 bridgehead atoms. The van der Waals surface area contributed by atoms with Gasteiger partial charge in [0.2, 0.25) is 5.78 Å². The average Bonchev–Trinajstić information content (AvgIpc) is 2.98. The first-order valence-electron chi connectivity index (χ1n) is 9.26. The first-order valence-corrected chi connectivity index (χ1v) is 9.26. The molecule has 0 aliphatic carbocycles. The van der Waals surface area contributed by atoms with Crippen LogP contribution in [0.25, 0.3) is 5.52 Å². The highest BCUT2D eigenvalue weighted by Gasteiger charge is 2.21. The summed E-state index contributed by atoms with van der Waals surface area (Å²) < 4.78 is 1.95. The second-order valence-electron chi connectivity index (χ2n) is 7.48. The minimum atomic E-state index is -0.167. The van der Waals surface area contributed by atoms with E-state index in [1.165, 1.54) is 0 Å². The van der Waals surface area contributed by atoms with E-state index in [0.717, 1.165) is 22.2 Å². The maximum Gasteiger partial charge on any atom is 0.210 e. The molecule has 0 saturated heterocycles. The maximum atomic E-state index is 13.2. The van der Waals surface area contributed by atoms with Crippen molar-refractivity contribution in [3.63, 3.8) is 0 Å². The third-order valence-corrected chi connectivity index (χ3v) is 4.30. The molecule has 144 valence electrons. The fourth-order valence-electron chi connectivity index (χ4n) is 3.05. The van der Waals surface area contributed by atoms with Crippen LogP contribution in [0.2, 0.25) is 0 Å². The normalized spacial score (nSPS) is 11.0. The molecule has 0 amide bonds. The third kappa shape index (κ3) is 4.58. The van der Waals surface area contributed by atoms with Crippen LogP contribution in [0.4, 0.5) is 0 Å². The number of pyridine rings is 1. The van der Waals surface area contributed by atoms with Crippen LogP contribution < -0.4 is 0 Å². The average molecular weight is 367 g/mol. The molecule has 27 heavy (non-hydrogen) atoms. The zero-order valence-electron chi connectivity index (χ0n) is 16.9. The standard InChI is InChI=1S/C20H21NO2.C3H8O/c1-12(2)17-11-16-7-5-6-8-21(16)18(17)20(23)15-9-13(3)19(22)14(4)10-15;1-3(2)4/h5-12,22H,1-4H3;3-4H,1-2H3. The van der Waals surface area contributed by atoms with Gasteiger partial charge >= 0.3 is 0 Å². The number of aryl methyl sites for hydroxylation is 2. The minimum absolute atomic E-state index is 0.00824. The lowest BCUT2D eigenvalue weighted by molar-refractivity contribution is 0.103. The Bertz CT molecular complexity index is 926. The Hall–Kier alpha value is -2.59. The number of nitrogens with zero attached hydrogens (tertiary/aromatic N) is 1. The van der Waals surface area contributed by atoms with Crippen molar-refractivity contribution in [3.05, 3.63) is 70.5 Å². The summed E-state index contributed by atoms with van der Waals surface area (Å²) in [5.41, 5.74) is 4.83. The van der Waals surface area contributed by atoms with E-state index in [4.69, 9.17) is 5.11 Å². The molecule has 0 spiro atoms. The lowest BCUT2D eigenvalue weighted by Gasteiger charge is -2.11. The predicted octanol–water partition coefficient (Wildman–Crippen LogP) is 5.00. The number of aromatic hydroxyl groups is 1. The van der Waals surface area contributed by atoms with E-state index in [1.54, 1.807) is 26.0 Å². The van der Waals surface area contributed by atoms with E-state index in [1.807, 2.05) is 42.6 Å². The fourth-order valence-corrected chi connectivity index (χ4v) is 3.05. The summed E-state index contributed by atoms with van der Waals surface area (Å²) in [6, 6.07) is 11.5. The van der Waals surface area contributed by atoms with E-state index >= 15 is 0 Å². The number of carbonyl (C=O) groups excluding carboxylic acids is 1. The number of aromatic nitrogens is 1. The van der Waals surface area contributed by atoms with Gasteiger partial charge in [0.25, 0.3) is 0 Å². The van der Waals surface area contributed by atoms with Crippen LogP contribution in [0, 0.1) is 13.8 Å². The van der Waals surface area contributed by atoms with Crippen molar-refractivity contribution in [2.24, 2.45) is 0 Å². The quantitative estimate of drug-likeness (QED) is 0.640. The molecule has 2 aromatic heterocycles. The van der Waals surface area contributed by atoms with Gasteiger partial charge in [0.05, 0.1) is 5.69 Å². The molecule has 3 aromatic rings. The monoisotopic (exact) mass is 367 g/mol. The van der Waals surface area contributed by atoms with Crippen LogP contribution in [0.3, 0.4) is 0 Å². The molecule has 4 heteroatoms. The minimum Gasteiger partial charge on any atom is -0.507 e. The summed E-state index contributed by atoms with van der Waals surface area (Å²) >= 11 is 0. The number of hydrogen-bond acceptors (Lipinski definition) is 3. The van der Waals surface area contributed by atoms with Gasteiger partial charge in [-0.25, -0.2) is 0 Å². The summed E-state index contributed by atoms with van der Waals surface area (Å²) in [6.45, 7) is 11.3. The number of phenolic OH excluding ortho intramolecular Hbond substituents is 1. The second-order valence-corrected chi connectivity index (χ2v) is 7.48. The molecular formula is C23H29NO3. The number of carbonyl (C=O) groups is 1. The second kappa shape index (κ2) is 8.40. The molecule has 4 nitrogen and oxygen atoms in total. The highest BCUT2D eigenvalue weighted by Crippen LogP contribution is 2.29.